The lowest BCUT2D eigenvalue weighted by atomic mass is 10.1. The molecule has 0 atom stereocenters. The van der Waals surface area contributed by atoms with Crippen LogP contribution in [0.2, 0.25) is 0 Å². The van der Waals surface area contributed by atoms with Gasteiger partial charge in [0.2, 0.25) is 0 Å². The third kappa shape index (κ3) is 1.88. The van der Waals surface area contributed by atoms with Crippen LogP contribution in [0.1, 0.15) is 5.56 Å². The van der Waals surface area contributed by atoms with Crippen LogP contribution in [0.5, 0.6) is 0 Å². The molecule has 0 fully saturated rings. The van der Waals surface area contributed by atoms with Gasteiger partial charge < -0.3 is 10.7 Å². The smallest absolute Gasteiger partial charge is 0.140 e. The molecule has 0 aliphatic heterocycles. The van der Waals surface area contributed by atoms with Gasteiger partial charge in [-0.15, -0.1) is 0 Å². The van der Waals surface area contributed by atoms with E-state index in [2.05, 4.69) is 22.1 Å². The average molecular weight is 274 g/mol. The molecule has 21 heavy (non-hydrogen) atoms. The summed E-state index contributed by atoms with van der Waals surface area (Å²) in [6.07, 6.45) is 1.81. The first-order valence-corrected chi connectivity index (χ1v) is 6.88. The molecule has 0 saturated heterocycles. The normalized spacial score (nSPS) is 11.3. The predicted octanol–water partition coefficient (Wildman–Crippen LogP) is 3.24. The summed E-state index contributed by atoms with van der Waals surface area (Å²) in [5.41, 5.74) is 10.7. The van der Waals surface area contributed by atoms with Crippen molar-refractivity contribution in [3.8, 4) is 11.4 Å². The summed E-state index contributed by atoms with van der Waals surface area (Å²) < 4.78 is 0. The minimum Gasteiger partial charge on any atom is -0.338 e. The van der Waals surface area contributed by atoms with Gasteiger partial charge in [-0.05, 0) is 23.8 Å². The Kier molecular flexibility index (Phi) is 2.69. The number of aromatic nitrogens is 3. The van der Waals surface area contributed by atoms with E-state index >= 15 is 0 Å². The minimum atomic E-state index is 0.482. The summed E-state index contributed by atoms with van der Waals surface area (Å²) in [4.78, 5) is 12.6. The molecule has 4 heteroatoms. The SMILES string of the molecule is NCc1cccc2[nH]c(-c3cccc4cccnc34)nc12. The Morgan fingerprint density at radius 2 is 1.81 bits per heavy atom. The molecule has 0 bridgehead atoms. The van der Waals surface area contributed by atoms with Gasteiger partial charge in [0.15, 0.2) is 0 Å². The van der Waals surface area contributed by atoms with Crippen molar-refractivity contribution in [2.75, 3.05) is 0 Å². The van der Waals surface area contributed by atoms with E-state index in [0.29, 0.717) is 6.54 Å². The number of para-hydroxylation sites is 2. The van der Waals surface area contributed by atoms with Crippen molar-refractivity contribution >= 4 is 21.9 Å². The number of hydrogen-bond acceptors (Lipinski definition) is 3. The molecule has 2 heterocycles. The van der Waals surface area contributed by atoms with Crippen molar-refractivity contribution in [1.29, 1.82) is 0 Å². The lowest BCUT2D eigenvalue weighted by Gasteiger charge is -2.02. The standard InChI is InChI=1S/C17H14N4/c18-10-12-5-2-8-14-16(12)21-17(20-14)13-7-1-4-11-6-3-9-19-15(11)13/h1-9H,10,18H2,(H,20,21). The zero-order chi connectivity index (χ0) is 14.2. The van der Waals surface area contributed by atoms with Gasteiger partial charge in [0, 0.05) is 23.7 Å². The highest BCUT2D eigenvalue weighted by molar-refractivity contribution is 5.93. The number of nitrogens with zero attached hydrogens (tertiary/aromatic N) is 2. The summed E-state index contributed by atoms with van der Waals surface area (Å²) in [5.74, 6) is 0.829. The van der Waals surface area contributed by atoms with Crippen LogP contribution in [0.15, 0.2) is 54.7 Å². The van der Waals surface area contributed by atoms with Crippen molar-refractivity contribution in [3.05, 3.63) is 60.3 Å². The Labute approximate surface area is 121 Å². The molecular formula is C17H14N4. The Morgan fingerprint density at radius 3 is 2.71 bits per heavy atom. The van der Waals surface area contributed by atoms with Crippen LogP contribution in [0.4, 0.5) is 0 Å². The fourth-order valence-corrected chi connectivity index (χ4v) is 2.68. The summed E-state index contributed by atoms with van der Waals surface area (Å²) in [6, 6.07) is 16.1. The van der Waals surface area contributed by atoms with E-state index in [0.717, 1.165) is 38.9 Å². The molecular weight excluding hydrogens is 260 g/mol. The summed E-state index contributed by atoms with van der Waals surface area (Å²) >= 11 is 0. The highest BCUT2D eigenvalue weighted by Crippen LogP contribution is 2.27. The van der Waals surface area contributed by atoms with Crippen molar-refractivity contribution in [3.63, 3.8) is 0 Å². The van der Waals surface area contributed by atoms with Gasteiger partial charge in [-0.1, -0.05) is 30.3 Å². The van der Waals surface area contributed by atoms with Crippen LogP contribution in [0.3, 0.4) is 0 Å². The monoisotopic (exact) mass is 274 g/mol. The zero-order valence-corrected chi connectivity index (χ0v) is 11.4. The molecule has 102 valence electrons. The number of benzene rings is 2. The minimum absolute atomic E-state index is 0.482. The molecule has 0 aliphatic rings. The Morgan fingerprint density at radius 1 is 0.952 bits per heavy atom. The van der Waals surface area contributed by atoms with E-state index in [4.69, 9.17) is 10.7 Å². The molecule has 0 unspecified atom stereocenters. The molecule has 2 aromatic heterocycles. The van der Waals surface area contributed by atoms with E-state index < -0.39 is 0 Å². The number of imidazole rings is 1. The van der Waals surface area contributed by atoms with Gasteiger partial charge in [0.25, 0.3) is 0 Å². The quantitative estimate of drug-likeness (QED) is 0.589. The van der Waals surface area contributed by atoms with Crippen molar-refractivity contribution in [2.24, 2.45) is 5.73 Å². The number of aromatic amines is 1. The Balaban J connectivity index is 2.01. The number of hydrogen-bond donors (Lipinski definition) is 2. The molecule has 0 saturated carbocycles. The van der Waals surface area contributed by atoms with Gasteiger partial charge in [-0.3, -0.25) is 4.98 Å². The van der Waals surface area contributed by atoms with Gasteiger partial charge in [-0.2, -0.15) is 0 Å². The number of nitrogens with one attached hydrogen (secondary N) is 1. The van der Waals surface area contributed by atoms with Gasteiger partial charge >= 0.3 is 0 Å². The topological polar surface area (TPSA) is 67.6 Å². The van der Waals surface area contributed by atoms with Crippen LogP contribution < -0.4 is 5.73 Å². The number of fused-ring (bicyclic) bond motifs is 2. The lowest BCUT2D eigenvalue weighted by molar-refractivity contribution is 1.08. The lowest BCUT2D eigenvalue weighted by Crippen LogP contribution is -1.96. The molecule has 2 aromatic carbocycles. The van der Waals surface area contributed by atoms with E-state index in [9.17, 15) is 0 Å². The molecule has 3 N–H and O–H groups in total. The fraction of sp³-hybridized carbons (Fsp3) is 0.0588. The van der Waals surface area contributed by atoms with E-state index in [1.165, 1.54) is 0 Å². The van der Waals surface area contributed by atoms with Crippen molar-refractivity contribution in [1.82, 2.24) is 15.0 Å². The largest absolute Gasteiger partial charge is 0.338 e. The first-order valence-electron chi connectivity index (χ1n) is 6.88. The summed E-state index contributed by atoms with van der Waals surface area (Å²) in [6.45, 7) is 0.482. The molecule has 0 spiro atoms. The maximum atomic E-state index is 5.79. The molecule has 4 nitrogen and oxygen atoms in total. The van der Waals surface area contributed by atoms with E-state index in [1.54, 1.807) is 6.20 Å². The zero-order valence-electron chi connectivity index (χ0n) is 11.4. The van der Waals surface area contributed by atoms with E-state index in [-0.39, 0.29) is 0 Å². The van der Waals surface area contributed by atoms with Crippen LogP contribution in [-0.4, -0.2) is 15.0 Å². The Hall–Kier alpha value is -2.72. The second kappa shape index (κ2) is 4.68. The van der Waals surface area contributed by atoms with Crippen LogP contribution in [0, 0.1) is 0 Å². The van der Waals surface area contributed by atoms with E-state index in [1.807, 2.05) is 36.4 Å². The number of H-pyrrole nitrogens is 1. The molecule has 4 aromatic rings. The Bertz CT molecular complexity index is 934. The highest BCUT2D eigenvalue weighted by atomic mass is 14.9. The first kappa shape index (κ1) is 12.1. The third-order valence-corrected chi connectivity index (χ3v) is 3.70. The van der Waals surface area contributed by atoms with Crippen LogP contribution in [0.25, 0.3) is 33.3 Å². The van der Waals surface area contributed by atoms with Crippen LogP contribution in [-0.2, 0) is 6.54 Å². The second-order valence-corrected chi connectivity index (χ2v) is 4.98. The second-order valence-electron chi connectivity index (χ2n) is 4.98. The van der Waals surface area contributed by atoms with Gasteiger partial charge in [0.05, 0.1) is 16.6 Å². The summed E-state index contributed by atoms with van der Waals surface area (Å²) in [5, 5.41) is 1.11. The highest BCUT2D eigenvalue weighted by Gasteiger charge is 2.11. The average Bonchev–Trinajstić information content (AvgIpc) is 2.98. The maximum absolute atomic E-state index is 5.79. The molecule has 0 amide bonds. The third-order valence-electron chi connectivity index (χ3n) is 3.70. The van der Waals surface area contributed by atoms with Crippen LogP contribution >= 0.6 is 0 Å². The molecule has 0 aliphatic carbocycles. The molecule has 0 radical (unpaired) electrons. The number of nitrogens with two attached hydrogens (primary N) is 1. The molecule has 4 rings (SSSR count). The van der Waals surface area contributed by atoms with Gasteiger partial charge in [0.1, 0.15) is 5.82 Å². The predicted molar refractivity (Wildman–Crippen MR) is 84.7 cm³/mol. The van der Waals surface area contributed by atoms with Crippen molar-refractivity contribution < 1.29 is 0 Å². The van der Waals surface area contributed by atoms with Gasteiger partial charge in [-0.25, -0.2) is 4.98 Å². The number of rotatable bonds is 2. The maximum Gasteiger partial charge on any atom is 0.140 e. The van der Waals surface area contributed by atoms with Crippen molar-refractivity contribution in [2.45, 2.75) is 6.54 Å². The summed E-state index contributed by atoms with van der Waals surface area (Å²) in [7, 11) is 0. The first-order chi connectivity index (χ1) is 10.4. The number of pyridine rings is 1. The fourth-order valence-electron chi connectivity index (χ4n) is 2.68.